The van der Waals surface area contributed by atoms with Gasteiger partial charge in [0.1, 0.15) is 0 Å². The van der Waals surface area contributed by atoms with Crippen LogP contribution in [0.3, 0.4) is 0 Å². The number of fused-ring (bicyclic) bond motifs is 2. The number of rotatable bonds is 6. The molecule has 2 bridgehead atoms. The van der Waals surface area contributed by atoms with Crippen molar-refractivity contribution in [1.29, 1.82) is 0 Å². The Labute approximate surface area is 203 Å². The van der Waals surface area contributed by atoms with Crippen LogP contribution in [0.25, 0.3) is 5.57 Å². The van der Waals surface area contributed by atoms with Gasteiger partial charge in [-0.05, 0) is 41.3 Å². The van der Waals surface area contributed by atoms with Gasteiger partial charge in [0.25, 0.3) is 0 Å². The Hall–Kier alpha value is -4.25. The van der Waals surface area contributed by atoms with Gasteiger partial charge in [-0.1, -0.05) is 84.9 Å². The standard InChI is InChI=1S/C30H25NO4/c1-18(32)21-13-8-14-22(17-21)31-29(33)27-23-15-16-24(28(27)30(34)35)26(23)25(19-9-4-2-5-10-19)20-11-6-3-7-12-20/h2-17,23-24,27-28H,1H3,(H,31,33)(H,34,35)/t23-,24-,27-,28-/m1/s1. The number of nitrogens with one attached hydrogen (secondary N) is 1. The Kier molecular flexibility index (Phi) is 5.91. The van der Waals surface area contributed by atoms with E-state index in [4.69, 9.17) is 0 Å². The van der Waals surface area contributed by atoms with Crippen LogP contribution in [0.15, 0.2) is 103 Å². The molecule has 0 radical (unpaired) electrons. The second kappa shape index (κ2) is 9.18. The molecule has 2 aliphatic carbocycles. The molecule has 174 valence electrons. The maximum atomic E-state index is 13.5. The molecule has 0 heterocycles. The second-order valence-corrected chi connectivity index (χ2v) is 9.01. The first kappa shape index (κ1) is 22.5. The Morgan fingerprint density at radius 1 is 0.714 bits per heavy atom. The number of carboxylic acids is 1. The first-order valence-electron chi connectivity index (χ1n) is 11.6. The predicted molar refractivity (Wildman–Crippen MR) is 135 cm³/mol. The van der Waals surface area contributed by atoms with Gasteiger partial charge in [0.15, 0.2) is 5.78 Å². The normalized spacial score (nSPS) is 22.1. The smallest absolute Gasteiger partial charge is 0.308 e. The molecule has 0 saturated heterocycles. The zero-order chi connectivity index (χ0) is 24.5. The zero-order valence-corrected chi connectivity index (χ0v) is 19.2. The highest BCUT2D eigenvalue weighted by Crippen LogP contribution is 2.55. The minimum atomic E-state index is -0.988. The van der Waals surface area contributed by atoms with Crippen molar-refractivity contribution in [3.63, 3.8) is 0 Å². The lowest BCUT2D eigenvalue weighted by Gasteiger charge is -2.23. The summed E-state index contributed by atoms with van der Waals surface area (Å²) in [5.41, 5.74) is 4.90. The summed E-state index contributed by atoms with van der Waals surface area (Å²) in [6.07, 6.45) is 3.91. The highest BCUT2D eigenvalue weighted by Gasteiger charge is 2.55. The monoisotopic (exact) mass is 463 g/mol. The summed E-state index contributed by atoms with van der Waals surface area (Å²) >= 11 is 0. The minimum absolute atomic E-state index is 0.104. The van der Waals surface area contributed by atoms with Crippen LogP contribution in [0, 0.1) is 23.7 Å². The quantitative estimate of drug-likeness (QED) is 0.375. The summed E-state index contributed by atoms with van der Waals surface area (Å²) in [5.74, 6) is -3.81. The summed E-state index contributed by atoms with van der Waals surface area (Å²) in [4.78, 5) is 37.8. The highest BCUT2D eigenvalue weighted by atomic mass is 16.4. The molecule has 0 unspecified atom stereocenters. The number of anilines is 1. The fraction of sp³-hybridized carbons (Fsp3) is 0.167. The number of hydrogen-bond donors (Lipinski definition) is 2. The van der Waals surface area contributed by atoms with Crippen LogP contribution in [0.5, 0.6) is 0 Å². The molecule has 5 heteroatoms. The van der Waals surface area contributed by atoms with Crippen molar-refractivity contribution in [2.45, 2.75) is 6.92 Å². The molecular formula is C30H25NO4. The van der Waals surface area contributed by atoms with Crippen LogP contribution < -0.4 is 5.32 Å². The van der Waals surface area contributed by atoms with E-state index in [0.717, 1.165) is 22.3 Å². The molecule has 4 atom stereocenters. The summed E-state index contributed by atoms with van der Waals surface area (Å²) in [6.45, 7) is 1.47. The van der Waals surface area contributed by atoms with Gasteiger partial charge in [-0.2, -0.15) is 0 Å². The SMILES string of the molecule is CC(=O)c1cccc(NC(=O)[C@H]2[C@H](C(=O)O)[C@@H]3C=C[C@@H]2C3=C(c2ccccc2)c2ccccc2)c1. The van der Waals surface area contributed by atoms with Gasteiger partial charge >= 0.3 is 5.97 Å². The fourth-order valence-electron chi connectivity index (χ4n) is 5.46. The number of allylic oxidation sites excluding steroid dienone is 3. The van der Waals surface area contributed by atoms with Crippen LogP contribution >= 0.6 is 0 Å². The van der Waals surface area contributed by atoms with Crippen molar-refractivity contribution in [2.24, 2.45) is 23.7 Å². The minimum Gasteiger partial charge on any atom is -0.481 e. The molecule has 3 aromatic rings. The number of amides is 1. The van der Waals surface area contributed by atoms with Crippen LogP contribution in [0.1, 0.15) is 28.4 Å². The molecule has 35 heavy (non-hydrogen) atoms. The molecule has 2 N–H and O–H groups in total. The molecule has 5 nitrogen and oxygen atoms in total. The first-order chi connectivity index (χ1) is 17.0. The molecule has 2 aliphatic rings. The van der Waals surface area contributed by atoms with Crippen molar-refractivity contribution in [1.82, 2.24) is 0 Å². The third-order valence-corrected chi connectivity index (χ3v) is 6.94. The van der Waals surface area contributed by atoms with Crippen LogP contribution in [0.2, 0.25) is 0 Å². The van der Waals surface area contributed by atoms with Gasteiger partial charge < -0.3 is 10.4 Å². The van der Waals surface area contributed by atoms with Gasteiger partial charge in [0, 0.05) is 23.1 Å². The van der Waals surface area contributed by atoms with Gasteiger partial charge in [0.05, 0.1) is 11.8 Å². The van der Waals surface area contributed by atoms with Crippen molar-refractivity contribution in [2.75, 3.05) is 5.32 Å². The molecule has 3 aromatic carbocycles. The van der Waals surface area contributed by atoms with Crippen molar-refractivity contribution in [3.05, 3.63) is 119 Å². The van der Waals surface area contributed by atoms with E-state index >= 15 is 0 Å². The summed E-state index contributed by atoms with van der Waals surface area (Å²) in [7, 11) is 0. The number of benzene rings is 3. The van der Waals surface area contributed by atoms with Crippen LogP contribution in [0.4, 0.5) is 5.69 Å². The third-order valence-electron chi connectivity index (χ3n) is 6.94. The maximum Gasteiger partial charge on any atom is 0.308 e. The van der Waals surface area contributed by atoms with Crippen molar-refractivity contribution < 1.29 is 19.5 Å². The Morgan fingerprint density at radius 3 is 1.80 bits per heavy atom. The molecular weight excluding hydrogens is 438 g/mol. The summed E-state index contributed by atoms with van der Waals surface area (Å²) in [6, 6.07) is 26.5. The maximum absolute atomic E-state index is 13.5. The van der Waals surface area contributed by atoms with Crippen molar-refractivity contribution in [3.8, 4) is 0 Å². The molecule has 0 spiro atoms. The van der Waals surface area contributed by atoms with Gasteiger partial charge in [-0.15, -0.1) is 0 Å². The highest BCUT2D eigenvalue weighted by molar-refractivity contribution is 6.00. The van der Waals surface area contributed by atoms with E-state index in [-0.39, 0.29) is 23.5 Å². The van der Waals surface area contributed by atoms with Gasteiger partial charge in [-0.25, -0.2) is 0 Å². The van der Waals surface area contributed by atoms with E-state index < -0.39 is 17.8 Å². The number of aliphatic carboxylic acids is 1. The lowest BCUT2D eigenvalue weighted by molar-refractivity contribution is -0.146. The Bertz CT molecular complexity index is 1320. The molecule has 1 fully saturated rings. The number of carbonyl (C=O) groups is 3. The van der Waals surface area contributed by atoms with Crippen LogP contribution in [-0.2, 0) is 9.59 Å². The van der Waals surface area contributed by atoms with Gasteiger partial charge in [-0.3, -0.25) is 14.4 Å². The fourth-order valence-corrected chi connectivity index (χ4v) is 5.46. The Balaban J connectivity index is 1.60. The second-order valence-electron chi connectivity index (χ2n) is 9.01. The zero-order valence-electron chi connectivity index (χ0n) is 19.2. The number of carboxylic acid groups (broad SMARTS) is 1. The lowest BCUT2D eigenvalue weighted by Crippen LogP contribution is -2.36. The molecule has 1 amide bonds. The molecule has 1 saturated carbocycles. The van der Waals surface area contributed by atoms with E-state index in [0.29, 0.717) is 11.3 Å². The first-order valence-corrected chi connectivity index (χ1v) is 11.6. The lowest BCUT2D eigenvalue weighted by atomic mass is 9.82. The summed E-state index contributed by atoms with van der Waals surface area (Å²) in [5, 5.41) is 13.1. The molecule has 0 aliphatic heterocycles. The molecule has 0 aromatic heterocycles. The van der Waals surface area contributed by atoms with Crippen LogP contribution in [-0.4, -0.2) is 22.8 Å². The van der Waals surface area contributed by atoms with E-state index in [1.54, 1.807) is 24.3 Å². The number of hydrogen-bond acceptors (Lipinski definition) is 3. The third kappa shape index (κ3) is 4.10. The average Bonchev–Trinajstić information content (AvgIpc) is 3.42. The predicted octanol–water partition coefficient (Wildman–Crippen LogP) is 5.46. The van der Waals surface area contributed by atoms with E-state index in [1.165, 1.54) is 6.92 Å². The topological polar surface area (TPSA) is 83.5 Å². The largest absolute Gasteiger partial charge is 0.481 e. The van der Waals surface area contributed by atoms with Crippen molar-refractivity contribution >= 4 is 28.9 Å². The number of Topliss-reactive ketones (excluding diaryl/α,β-unsaturated/α-hetero) is 1. The van der Waals surface area contributed by atoms with E-state index in [1.807, 2.05) is 72.8 Å². The Morgan fingerprint density at radius 2 is 1.26 bits per heavy atom. The summed E-state index contributed by atoms with van der Waals surface area (Å²) < 4.78 is 0. The number of carbonyl (C=O) groups excluding carboxylic acids is 2. The average molecular weight is 464 g/mol. The van der Waals surface area contributed by atoms with Gasteiger partial charge in [0.2, 0.25) is 5.91 Å². The van der Waals surface area contributed by atoms with E-state index in [2.05, 4.69) is 5.32 Å². The van der Waals surface area contributed by atoms with E-state index in [9.17, 15) is 19.5 Å². The number of ketones is 1. The molecule has 5 rings (SSSR count).